The molecule has 1 rings (SSSR count). The fourth-order valence-electron chi connectivity index (χ4n) is 0.930. The largest absolute Gasteiger partial charge is 0.372 e. The van der Waals surface area contributed by atoms with Crippen molar-refractivity contribution < 1.29 is 4.74 Å². The maximum absolute atomic E-state index is 5.62. The maximum atomic E-state index is 5.62. The fraction of sp³-hybridized carbons (Fsp3) is 1.00. The second-order valence-electron chi connectivity index (χ2n) is 4.29. The summed E-state index contributed by atoms with van der Waals surface area (Å²) < 4.78 is 5.62. The Labute approximate surface area is 75.1 Å². The molecular weight excluding hydrogens is 162 g/mol. The van der Waals surface area contributed by atoms with E-state index in [1.807, 2.05) is 0 Å². The summed E-state index contributed by atoms with van der Waals surface area (Å²) in [5, 5.41) is 3.42. The van der Waals surface area contributed by atoms with E-state index in [0.29, 0.717) is 0 Å². The molecule has 0 saturated carbocycles. The van der Waals surface area contributed by atoms with Crippen LogP contribution in [0.25, 0.3) is 0 Å². The summed E-state index contributed by atoms with van der Waals surface area (Å²) in [6.45, 7) is 10.3. The number of hydrogen-bond donors (Lipinski definition) is 1. The van der Waals surface area contributed by atoms with Crippen molar-refractivity contribution in [1.29, 1.82) is 0 Å². The smallest absolute Gasteiger partial charge is 0.0751 e. The lowest BCUT2D eigenvalue weighted by Gasteiger charge is -2.40. The summed E-state index contributed by atoms with van der Waals surface area (Å²) in [6, 6.07) is 0. The number of halogens is 1. The molecular formula is C8H18ClNO. The minimum atomic E-state index is 0. The average molecular weight is 180 g/mol. The van der Waals surface area contributed by atoms with Gasteiger partial charge < -0.3 is 10.1 Å². The standard InChI is InChI=1S/C8H17NO.ClH/c1-7(2)6-10-8(3,4)5-9-7;/h9H,5-6H2,1-4H3;1H. The van der Waals surface area contributed by atoms with Crippen molar-refractivity contribution in [2.45, 2.75) is 38.8 Å². The Kier molecular flexibility index (Phi) is 3.36. The van der Waals surface area contributed by atoms with Gasteiger partial charge in [-0.15, -0.1) is 12.4 Å². The van der Waals surface area contributed by atoms with Crippen molar-refractivity contribution in [3.8, 4) is 0 Å². The third-order valence-electron chi connectivity index (χ3n) is 1.82. The number of hydrogen-bond acceptors (Lipinski definition) is 2. The van der Waals surface area contributed by atoms with Crippen molar-refractivity contribution in [1.82, 2.24) is 5.32 Å². The molecule has 1 fully saturated rings. The third kappa shape index (κ3) is 3.41. The first-order valence-corrected chi connectivity index (χ1v) is 3.80. The maximum Gasteiger partial charge on any atom is 0.0751 e. The topological polar surface area (TPSA) is 21.3 Å². The lowest BCUT2D eigenvalue weighted by atomic mass is 10.00. The zero-order valence-electron chi connectivity index (χ0n) is 7.73. The normalized spacial score (nSPS) is 27.3. The Bertz CT molecular complexity index is 106. The highest BCUT2D eigenvalue weighted by atomic mass is 35.5. The van der Waals surface area contributed by atoms with Gasteiger partial charge in [0.05, 0.1) is 12.2 Å². The van der Waals surface area contributed by atoms with Crippen molar-refractivity contribution >= 4 is 12.4 Å². The molecule has 0 spiro atoms. The van der Waals surface area contributed by atoms with Gasteiger partial charge in [-0.25, -0.2) is 0 Å². The predicted molar refractivity (Wildman–Crippen MR) is 49.4 cm³/mol. The van der Waals surface area contributed by atoms with Crippen LogP contribution in [0.4, 0.5) is 0 Å². The minimum absolute atomic E-state index is 0. The van der Waals surface area contributed by atoms with Gasteiger partial charge in [0.15, 0.2) is 0 Å². The highest BCUT2D eigenvalue weighted by Gasteiger charge is 2.31. The summed E-state index contributed by atoms with van der Waals surface area (Å²) in [5.41, 5.74) is 0.186. The van der Waals surface area contributed by atoms with Gasteiger partial charge >= 0.3 is 0 Å². The molecule has 0 aromatic heterocycles. The first-order valence-electron chi connectivity index (χ1n) is 3.80. The van der Waals surface area contributed by atoms with E-state index in [0.717, 1.165) is 13.2 Å². The van der Waals surface area contributed by atoms with E-state index in [1.54, 1.807) is 0 Å². The molecule has 1 aliphatic rings. The molecule has 68 valence electrons. The van der Waals surface area contributed by atoms with Crippen LogP contribution < -0.4 is 5.32 Å². The molecule has 0 atom stereocenters. The molecule has 0 unspecified atom stereocenters. The monoisotopic (exact) mass is 179 g/mol. The highest BCUT2D eigenvalue weighted by Crippen LogP contribution is 2.18. The molecule has 11 heavy (non-hydrogen) atoms. The van der Waals surface area contributed by atoms with E-state index in [1.165, 1.54) is 0 Å². The van der Waals surface area contributed by atoms with Gasteiger partial charge in [0.2, 0.25) is 0 Å². The van der Waals surface area contributed by atoms with Crippen molar-refractivity contribution in [2.75, 3.05) is 13.2 Å². The van der Waals surface area contributed by atoms with E-state index >= 15 is 0 Å². The molecule has 1 saturated heterocycles. The summed E-state index contributed by atoms with van der Waals surface area (Å²) in [7, 11) is 0. The van der Waals surface area contributed by atoms with Crippen molar-refractivity contribution in [3.63, 3.8) is 0 Å². The molecule has 1 N–H and O–H groups in total. The van der Waals surface area contributed by atoms with Crippen LogP contribution in [0.2, 0.25) is 0 Å². The Hall–Kier alpha value is 0.210. The number of nitrogens with one attached hydrogen (secondary N) is 1. The Morgan fingerprint density at radius 1 is 1.18 bits per heavy atom. The van der Waals surface area contributed by atoms with E-state index in [9.17, 15) is 0 Å². The number of ether oxygens (including phenoxy) is 1. The summed E-state index contributed by atoms with van der Waals surface area (Å²) in [5.74, 6) is 0. The molecule has 0 radical (unpaired) electrons. The van der Waals surface area contributed by atoms with Gasteiger partial charge in [-0.3, -0.25) is 0 Å². The van der Waals surface area contributed by atoms with Crippen LogP contribution in [-0.4, -0.2) is 24.3 Å². The zero-order chi connectivity index (χ0) is 7.83. The van der Waals surface area contributed by atoms with Gasteiger partial charge in [-0.1, -0.05) is 0 Å². The quantitative estimate of drug-likeness (QED) is 0.610. The third-order valence-corrected chi connectivity index (χ3v) is 1.82. The van der Waals surface area contributed by atoms with Crippen molar-refractivity contribution in [2.24, 2.45) is 0 Å². The van der Waals surface area contributed by atoms with Crippen LogP contribution >= 0.6 is 12.4 Å². The zero-order valence-corrected chi connectivity index (χ0v) is 8.55. The lowest BCUT2D eigenvalue weighted by Crippen LogP contribution is -2.57. The van der Waals surface area contributed by atoms with Crippen LogP contribution in [0.1, 0.15) is 27.7 Å². The Balaban J connectivity index is 0.000001000. The first kappa shape index (κ1) is 11.2. The molecule has 0 aromatic carbocycles. The van der Waals surface area contributed by atoms with Gasteiger partial charge in [-0.05, 0) is 27.7 Å². The molecule has 0 amide bonds. The fourth-order valence-corrected chi connectivity index (χ4v) is 0.930. The second kappa shape index (κ2) is 3.30. The second-order valence-corrected chi connectivity index (χ2v) is 4.29. The number of morpholine rings is 1. The van der Waals surface area contributed by atoms with Crippen LogP contribution in [0.15, 0.2) is 0 Å². The molecule has 0 bridgehead atoms. The van der Waals surface area contributed by atoms with Crippen LogP contribution in [0, 0.1) is 0 Å². The molecule has 3 heteroatoms. The van der Waals surface area contributed by atoms with Gasteiger partial charge in [0.1, 0.15) is 0 Å². The lowest BCUT2D eigenvalue weighted by molar-refractivity contribution is -0.0782. The molecule has 2 nitrogen and oxygen atoms in total. The summed E-state index contributed by atoms with van der Waals surface area (Å²) >= 11 is 0. The van der Waals surface area contributed by atoms with Crippen molar-refractivity contribution in [3.05, 3.63) is 0 Å². The van der Waals surface area contributed by atoms with Gasteiger partial charge in [0, 0.05) is 12.1 Å². The average Bonchev–Trinajstić information content (AvgIpc) is 1.79. The predicted octanol–water partition coefficient (Wildman–Crippen LogP) is 1.59. The molecule has 0 aromatic rings. The van der Waals surface area contributed by atoms with Crippen LogP contribution in [0.5, 0.6) is 0 Å². The van der Waals surface area contributed by atoms with Gasteiger partial charge in [0.25, 0.3) is 0 Å². The molecule has 1 heterocycles. The van der Waals surface area contributed by atoms with E-state index in [4.69, 9.17) is 4.74 Å². The minimum Gasteiger partial charge on any atom is -0.372 e. The molecule has 0 aliphatic carbocycles. The van der Waals surface area contributed by atoms with E-state index < -0.39 is 0 Å². The van der Waals surface area contributed by atoms with Gasteiger partial charge in [-0.2, -0.15) is 0 Å². The van der Waals surface area contributed by atoms with Crippen LogP contribution in [0.3, 0.4) is 0 Å². The highest BCUT2D eigenvalue weighted by molar-refractivity contribution is 5.85. The first-order chi connectivity index (χ1) is 4.41. The van der Waals surface area contributed by atoms with E-state index in [-0.39, 0.29) is 23.5 Å². The SMILES string of the molecule is CC1(C)COC(C)(C)CN1.Cl. The Morgan fingerprint density at radius 3 is 2.00 bits per heavy atom. The summed E-state index contributed by atoms with van der Waals surface area (Å²) in [6.07, 6.45) is 0. The Morgan fingerprint density at radius 2 is 1.73 bits per heavy atom. The van der Waals surface area contributed by atoms with Crippen LogP contribution in [-0.2, 0) is 4.74 Å². The molecule has 1 aliphatic heterocycles. The summed E-state index contributed by atoms with van der Waals surface area (Å²) in [4.78, 5) is 0. The van der Waals surface area contributed by atoms with E-state index in [2.05, 4.69) is 33.0 Å². The number of rotatable bonds is 0.